The van der Waals surface area contributed by atoms with Crippen LogP contribution in [-0.2, 0) is 6.42 Å². The molecular formula is C20H21N5O2. The zero-order valence-corrected chi connectivity index (χ0v) is 15.5. The lowest BCUT2D eigenvalue weighted by Crippen LogP contribution is -2.00. The summed E-state index contributed by atoms with van der Waals surface area (Å²) in [4.78, 5) is 14.1. The fourth-order valence-electron chi connectivity index (χ4n) is 2.92. The maximum absolute atomic E-state index is 10.6. The molecule has 138 valence electrons. The fourth-order valence-corrected chi connectivity index (χ4v) is 2.92. The third-order valence-corrected chi connectivity index (χ3v) is 4.41. The molecule has 0 radical (unpaired) electrons. The van der Waals surface area contributed by atoms with Crippen molar-refractivity contribution in [2.24, 2.45) is 5.10 Å². The van der Waals surface area contributed by atoms with Gasteiger partial charge in [-0.25, -0.2) is 4.98 Å². The molecule has 3 rings (SSSR count). The van der Waals surface area contributed by atoms with Crippen molar-refractivity contribution in [3.8, 4) is 5.69 Å². The molecule has 1 N–H and O–H groups in total. The second-order valence-electron chi connectivity index (χ2n) is 6.21. The molecular weight excluding hydrogens is 342 g/mol. The molecule has 7 nitrogen and oxygen atoms in total. The van der Waals surface area contributed by atoms with Crippen LogP contribution >= 0.6 is 0 Å². The maximum atomic E-state index is 10.6. The fraction of sp³-hybridized carbons (Fsp3) is 0.200. The number of aromatic nitrogens is 2. The van der Waals surface area contributed by atoms with Gasteiger partial charge in [-0.05, 0) is 50.1 Å². The molecule has 27 heavy (non-hydrogen) atoms. The maximum Gasteiger partial charge on any atom is 0.287 e. The summed E-state index contributed by atoms with van der Waals surface area (Å²) >= 11 is 0. The van der Waals surface area contributed by atoms with Crippen molar-refractivity contribution in [1.29, 1.82) is 0 Å². The Labute approximate surface area is 157 Å². The van der Waals surface area contributed by atoms with E-state index in [2.05, 4.69) is 64.3 Å². The van der Waals surface area contributed by atoms with Crippen LogP contribution in [0.1, 0.15) is 29.4 Å². The lowest BCUT2D eigenvalue weighted by atomic mass is 10.1. The molecule has 0 aliphatic rings. The highest BCUT2D eigenvalue weighted by molar-refractivity contribution is 5.82. The number of hydrazone groups is 1. The zero-order chi connectivity index (χ0) is 19.4. The lowest BCUT2D eigenvalue weighted by Gasteiger charge is -2.10. The zero-order valence-electron chi connectivity index (χ0n) is 15.5. The van der Waals surface area contributed by atoms with Crippen LogP contribution in [0, 0.1) is 24.0 Å². The van der Waals surface area contributed by atoms with Gasteiger partial charge in [0.15, 0.2) is 0 Å². The monoisotopic (exact) mass is 363 g/mol. The second-order valence-corrected chi connectivity index (χ2v) is 6.21. The molecule has 2 heterocycles. The van der Waals surface area contributed by atoms with Crippen LogP contribution in [0.3, 0.4) is 0 Å². The number of hydrogen-bond donors (Lipinski definition) is 1. The van der Waals surface area contributed by atoms with Gasteiger partial charge in [0.05, 0.1) is 11.1 Å². The molecule has 3 aromatic rings. The number of anilines is 1. The summed E-state index contributed by atoms with van der Waals surface area (Å²) in [5, 5.41) is 14.9. The van der Waals surface area contributed by atoms with Gasteiger partial charge >= 0.3 is 0 Å². The van der Waals surface area contributed by atoms with Crippen molar-refractivity contribution in [1.82, 2.24) is 9.55 Å². The third kappa shape index (κ3) is 4.03. The van der Waals surface area contributed by atoms with Crippen LogP contribution < -0.4 is 5.43 Å². The van der Waals surface area contributed by atoms with Crippen molar-refractivity contribution in [2.45, 2.75) is 27.2 Å². The Morgan fingerprint density at radius 3 is 2.56 bits per heavy atom. The molecule has 0 atom stereocenters. The minimum absolute atomic E-state index is 0.0535. The molecule has 0 aliphatic carbocycles. The molecule has 2 aromatic heterocycles. The van der Waals surface area contributed by atoms with Gasteiger partial charge in [-0.2, -0.15) is 5.10 Å². The number of aryl methyl sites for hydroxylation is 2. The molecule has 0 amide bonds. The number of benzene rings is 1. The highest BCUT2D eigenvalue weighted by atomic mass is 16.6. The lowest BCUT2D eigenvalue weighted by molar-refractivity contribution is -0.385. The summed E-state index contributed by atoms with van der Waals surface area (Å²) in [6.45, 7) is 6.25. The van der Waals surface area contributed by atoms with Crippen LogP contribution in [0.25, 0.3) is 5.69 Å². The van der Waals surface area contributed by atoms with Crippen LogP contribution in [0.2, 0.25) is 0 Å². The Morgan fingerprint density at radius 1 is 1.22 bits per heavy atom. The van der Waals surface area contributed by atoms with E-state index >= 15 is 0 Å². The van der Waals surface area contributed by atoms with Gasteiger partial charge in [0.1, 0.15) is 12.0 Å². The van der Waals surface area contributed by atoms with E-state index in [0.29, 0.717) is 5.82 Å². The molecule has 0 spiro atoms. The van der Waals surface area contributed by atoms with E-state index in [1.807, 2.05) is 6.92 Å². The van der Waals surface area contributed by atoms with E-state index in [4.69, 9.17) is 0 Å². The van der Waals surface area contributed by atoms with E-state index < -0.39 is 4.92 Å². The minimum Gasteiger partial charge on any atom is -0.318 e. The Kier molecular flexibility index (Phi) is 5.30. The quantitative estimate of drug-likeness (QED) is 0.399. The Bertz CT molecular complexity index is 973. The number of pyridine rings is 1. The molecule has 1 aromatic carbocycles. The van der Waals surface area contributed by atoms with E-state index in [1.165, 1.54) is 23.9 Å². The average molecular weight is 363 g/mol. The van der Waals surface area contributed by atoms with Crippen molar-refractivity contribution in [2.75, 3.05) is 5.43 Å². The number of nitrogens with one attached hydrogen (secondary N) is 1. The van der Waals surface area contributed by atoms with Gasteiger partial charge in [0.2, 0.25) is 0 Å². The predicted octanol–water partition coefficient (Wildman–Crippen LogP) is 4.41. The summed E-state index contributed by atoms with van der Waals surface area (Å²) in [7, 11) is 0. The molecule has 7 heteroatoms. The molecule has 0 saturated heterocycles. The first-order valence-electron chi connectivity index (χ1n) is 8.67. The van der Waals surface area contributed by atoms with E-state index in [0.717, 1.165) is 29.1 Å². The first-order valence-corrected chi connectivity index (χ1v) is 8.67. The number of nitrogens with zero attached hydrogens (tertiary/aromatic N) is 4. The Morgan fingerprint density at radius 2 is 1.96 bits per heavy atom. The van der Waals surface area contributed by atoms with Gasteiger partial charge in [-0.15, -0.1) is 0 Å². The van der Waals surface area contributed by atoms with Crippen LogP contribution in [0.5, 0.6) is 0 Å². The van der Waals surface area contributed by atoms with Crippen molar-refractivity contribution < 1.29 is 4.92 Å². The van der Waals surface area contributed by atoms with Crippen LogP contribution in [0.15, 0.2) is 53.8 Å². The van der Waals surface area contributed by atoms with Gasteiger partial charge in [0, 0.05) is 28.7 Å². The first kappa shape index (κ1) is 18.3. The Hall–Kier alpha value is -3.48. The molecule has 0 bridgehead atoms. The summed E-state index contributed by atoms with van der Waals surface area (Å²) in [6, 6.07) is 13.5. The molecule has 0 unspecified atom stereocenters. The second kappa shape index (κ2) is 7.82. The highest BCUT2D eigenvalue weighted by Crippen LogP contribution is 2.20. The number of rotatable bonds is 6. The summed E-state index contributed by atoms with van der Waals surface area (Å²) < 4.78 is 2.19. The smallest absolute Gasteiger partial charge is 0.287 e. The van der Waals surface area contributed by atoms with Crippen molar-refractivity contribution in [3.63, 3.8) is 0 Å². The summed E-state index contributed by atoms with van der Waals surface area (Å²) in [5.41, 5.74) is 8.36. The standard InChI is InChI=1S/C20H21N5O2/c1-4-16-5-7-18(8-6-16)24-14(2)11-17(15(24)3)12-22-23-20-10-9-19(13-21-20)25(26)27/h5-13H,4H2,1-3H3,(H,21,23)/b22-12-. The first-order chi connectivity index (χ1) is 13.0. The largest absolute Gasteiger partial charge is 0.318 e. The predicted molar refractivity (Wildman–Crippen MR) is 107 cm³/mol. The normalized spacial score (nSPS) is 11.1. The summed E-state index contributed by atoms with van der Waals surface area (Å²) in [5.74, 6) is 0.445. The highest BCUT2D eigenvalue weighted by Gasteiger charge is 2.09. The van der Waals surface area contributed by atoms with Gasteiger partial charge in [-0.1, -0.05) is 19.1 Å². The average Bonchev–Trinajstić information content (AvgIpc) is 2.96. The van der Waals surface area contributed by atoms with Gasteiger partial charge in [-0.3, -0.25) is 15.5 Å². The molecule has 0 fully saturated rings. The molecule has 0 saturated carbocycles. The van der Waals surface area contributed by atoms with Crippen molar-refractivity contribution in [3.05, 3.63) is 81.3 Å². The summed E-state index contributed by atoms with van der Waals surface area (Å²) in [6.07, 6.45) is 3.94. The van der Waals surface area contributed by atoms with E-state index in [1.54, 1.807) is 6.21 Å². The third-order valence-electron chi connectivity index (χ3n) is 4.41. The van der Waals surface area contributed by atoms with Crippen molar-refractivity contribution >= 4 is 17.7 Å². The SMILES string of the molecule is CCc1ccc(-n2c(C)cc(/C=N\Nc3ccc([N+](=O)[O-])cn3)c2C)cc1. The number of hydrogen-bond acceptors (Lipinski definition) is 5. The topological polar surface area (TPSA) is 85.3 Å². The van der Waals surface area contributed by atoms with Crippen LogP contribution in [-0.4, -0.2) is 20.7 Å². The van der Waals surface area contributed by atoms with Gasteiger partial charge in [0.25, 0.3) is 5.69 Å². The van der Waals surface area contributed by atoms with Gasteiger partial charge < -0.3 is 4.57 Å². The van der Waals surface area contributed by atoms with Crippen LogP contribution in [0.4, 0.5) is 11.5 Å². The minimum atomic E-state index is -0.484. The van der Waals surface area contributed by atoms with E-state index in [-0.39, 0.29) is 5.69 Å². The molecule has 0 aliphatic heterocycles. The van der Waals surface area contributed by atoms with E-state index in [9.17, 15) is 10.1 Å². The Balaban J connectivity index is 1.77. The number of nitro groups is 1.